The Morgan fingerprint density at radius 2 is 2.20 bits per heavy atom. The Kier molecular flexibility index (Phi) is 2.00. The number of carbonyl (C=O) groups is 1. The van der Waals surface area contributed by atoms with E-state index in [9.17, 15) is 14.9 Å². The minimum Gasteiger partial charge on any atom is -0.326 e. The summed E-state index contributed by atoms with van der Waals surface area (Å²) >= 11 is 0. The average molecular weight is 204 g/mol. The van der Waals surface area contributed by atoms with Crippen LogP contribution < -0.4 is 5.32 Å². The Morgan fingerprint density at radius 1 is 1.47 bits per heavy atom. The lowest BCUT2D eigenvalue weighted by molar-refractivity contribution is -0.384. The quantitative estimate of drug-likeness (QED) is 0.555. The number of nitrogens with zero attached hydrogens (tertiary/aromatic N) is 1. The molecule has 1 heterocycles. The first-order valence-corrected chi connectivity index (χ1v) is 4.34. The number of fused-ring (bicyclic) bond motifs is 1. The Bertz CT molecular complexity index is 480. The number of rotatable bonds is 1. The summed E-state index contributed by atoms with van der Waals surface area (Å²) < 4.78 is 0. The van der Waals surface area contributed by atoms with Crippen molar-refractivity contribution < 1.29 is 9.72 Å². The fourth-order valence-corrected chi connectivity index (χ4v) is 1.56. The van der Waals surface area contributed by atoms with Gasteiger partial charge in [-0.25, -0.2) is 0 Å². The van der Waals surface area contributed by atoms with E-state index in [-0.39, 0.29) is 11.6 Å². The topological polar surface area (TPSA) is 72.2 Å². The maximum Gasteiger partial charge on any atom is 0.269 e. The second-order valence-corrected chi connectivity index (χ2v) is 3.33. The molecule has 0 aliphatic carbocycles. The van der Waals surface area contributed by atoms with Crippen molar-refractivity contribution in [3.8, 4) is 0 Å². The van der Waals surface area contributed by atoms with Gasteiger partial charge in [0.05, 0.1) is 4.92 Å². The van der Waals surface area contributed by atoms with Crippen molar-refractivity contribution in [2.24, 2.45) is 0 Å². The van der Waals surface area contributed by atoms with Crippen LogP contribution in [0.25, 0.3) is 0 Å². The molecular formula is C10H8N2O3. The Balaban J connectivity index is 2.52. The molecule has 76 valence electrons. The third-order valence-electron chi connectivity index (χ3n) is 2.24. The van der Waals surface area contributed by atoms with Gasteiger partial charge >= 0.3 is 0 Å². The molecule has 5 heteroatoms. The molecule has 1 aromatic rings. The van der Waals surface area contributed by atoms with Crippen molar-refractivity contribution in [3.63, 3.8) is 0 Å². The van der Waals surface area contributed by atoms with Crippen molar-refractivity contribution in [2.45, 2.75) is 6.42 Å². The summed E-state index contributed by atoms with van der Waals surface area (Å²) in [4.78, 5) is 21.5. The summed E-state index contributed by atoms with van der Waals surface area (Å²) in [6.07, 6.45) is 0.447. The highest BCUT2D eigenvalue weighted by molar-refractivity contribution is 5.98. The van der Waals surface area contributed by atoms with Gasteiger partial charge in [0.1, 0.15) is 0 Å². The van der Waals surface area contributed by atoms with Crippen LogP contribution in [-0.4, -0.2) is 10.8 Å². The van der Waals surface area contributed by atoms with E-state index in [0.717, 1.165) is 0 Å². The Morgan fingerprint density at radius 3 is 2.87 bits per heavy atom. The number of nitro groups is 1. The van der Waals surface area contributed by atoms with E-state index < -0.39 is 4.92 Å². The van der Waals surface area contributed by atoms with Crippen LogP contribution in [0.1, 0.15) is 15.9 Å². The molecule has 0 radical (unpaired) electrons. The first kappa shape index (κ1) is 9.39. The fourth-order valence-electron chi connectivity index (χ4n) is 1.56. The predicted molar refractivity (Wildman–Crippen MR) is 53.4 cm³/mol. The molecule has 0 bridgehead atoms. The molecule has 0 atom stereocenters. The number of nitrogens with one attached hydrogen (secondary N) is 1. The van der Waals surface area contributed by atoms with E-state index in [0.29, 0.717) is 23.2 Å². The number of non-ortho nitro benzene ring substituents is 1. The van der Waals surface area contributed by atoms with Crippen LogP contribution in [0.5, 0.6) is 0 Å². The van der Waals surface area contributed by atoms with Gasteiger partial charge in [-0.15, -0.1) is 0 Å². The second kappa shape index (κ2) is 3.20. The highest BCUT2D eigenvalue weighted by atomic mass is 16.6. The fraction of sp³-hybridized carbons (Fsp3) is 0.100. The summed E-state index contributed by atoms with van der Waals surface area (Å²) in [5, 5.41) is 13.1. The number of hydrogen-bond acceptors (Lipinski definition) is 3. The van der Waals surface area contributed by atoms with Crippen LogP contribution in [0.2, 0.25) is 0 Å². The van der Waals surface area contributed by atoms with Crippen LogP contribution in [-0.2, 0) is 6.42 Å². The molecule has 0 saturated carbocycles. The summed E-state index contributed by atoms with van der Waals surface area (Å²) in [6, 6.07) is 4.21. The van der Waals surface area contributed by atoms with E-state index >= 15 is 0 Å². The van der Waals surface area contributed by atoms with E-state index in [4.69, 9.17) is 0 Å². The van der Waals surface area contributed by atoms with Gasteiger partial charge in [-0.05, 0) is 11.6 Å². The standard InChI is InChI=1S/C10H8N2O3/c1-6-4-7-5-8(12(14)15)2-3-9(7)10(13)11-6/h2-3,5H,1,4H2,(H,11,13). The van der Waals surface area contributed by atoms with Crippen LogP contribution in [0, 0.1) is 10.1 Å². The number of hydrogen-bond donors (Lipinski definition) is 1. The molecule has 0 fully saturated rings. The number of allylic oxidation sites excluding steroid dienone is 1. The molecule has 0 saturated heterocycles. The molecule has 1 aliphatic rings. The number of carbonyl (C=O) groups excluding carboxylic acids is 1. The number of benzene rings is 1. The predicted octanol–water partition coefficient (Wildman–Crippen LogP) is 1.39. The molecule has 1 amide bonds. The maximum atomic E-state index is 11.4. The number of nitro benzene ring substituents is 1. The largest absolute Gasteiger partial charge is 0.326 e. The van der Waals surface area contributed by atoms with Gasteiger partial charge in [0.25, 0.3) is 11.6 Å². The van der Waals surface area contributed by atoms with Gasteiger partial charge < -0.3 is 5.32 Å². The minimum atomic E-state index is -0.477. The van der Waals surface area contributed by atoms with Gasteiger partial charge in [-0.3, -0.25) is 14.9 Å². The van der Waals surface area contributed by atoms with Gasteiger partial charge in [0.2, 0.25) is 0 Å². The lowest BCUT2D eigenvalue weighted by Gasteiger charge is -2.17. The molecule has 1 N–H and O–H groups in total. The summed E-state index contributed by atoms with van der Waals surface area (Å²) in [5.41, 5.74) is 1.69. The van der Waals surface area contributed by atoms with Crippen molar-refractivity contribution >= 4 is 11.6 Å². The van der Waals surface area contributed by atoms with Gasteiger partial charge in [0.15, 0.2) is 0 Å². The van der Waals surface area contributed by atoms with E-state index in [2.05, 4.69) is 11.9 Å². The zero-order chi connectivity index (χ0) is 11.0. The summed E-state index contributed by atoms with van der Waals surface area (Å²) in [6.45, 7) is 3.64. The van der Waals surface area contributed by atoms with Crippen LogP contribution in [0.15, 0.2) is 30.5 Å². The summed E-state index contributed by atoms with van der Waals surface area (Å²) in [5.74, 6) is -0.254. The monoisotopic (exact) mass is 204 g/mol. The Hall–Kier alpha value is -2.17. The molecule has 0 aromatic heterocycles. The molecular weight excluding hydrogens is 196 g/mol. The smallest absolute Gasteiger partial charge is 0.269 e. The first-order valence-electron chi connectivity index (χ1n) is 4.34. The molecule has 2 rings (SSSR count). The highest BCUT2D eigenvalue weighted by Gasteiger charge is 2.21. The minimum absolute atomic E-state index is 0.00347. The van der Waals surface area contributed by atoms with Gasteiger partial charge in [-0.2, -0.15) is 0 Å². The lowest BCUT2D eigenvalue weighted by atomic mass is 9.98. The van der Waals surface area contributed by atoms with Gasteiger partial charge in [-0.1, -0.05) is 6.58 Å². The number of amides is 1. The molecule has 15 heavy (non-hydrogen) atoms. The van der Waals surface area contributed by atoms with Crippen molar-refractivity contribution in [1.82, 2.24) is 5.32 Å². The van der Waals surface area contributed by atoms with E-state index in [1.165, 1.54) is 18.2 Å². The maximum absolute atomic E-state index is 11.4. The van der Waals surface area contributed by atoms with E-state index in [1.807, 2.05) is 0 Å². The zero-order valence-electron chi connectivity index (χ0n) is 7.82. The SMILES string of the molecule is C=C1Cc2cc([N+](=O)[O-])ccc2C(=O)N1. The third kappa shape index (κ3) is 1.59. The van der Waals surface area contributed by atoms with Crippen LogP contribution in [0.3, 0.4) is 0 Å². The first-order chi connectivity index (χ1) is 7.08. The molecule has 5 nitrogen and oxygen atoms in total. The zero-order valence-corrected chi connectivity index (χ0v) is 7.82. The van der Waals surface area contributed by atoms with Crippen LogP contribution >= 0.6 is 0 Å². The molecule has 0 spiro atoms. The highest BCUT2D eigenvalue weighted by Crippen LogP contribution is 2.22. The van der Waals surface area contributed by atoms with Gasteiger partial charge in [0, 0.05) is 29.8 Å². The summed E-state index contributed by atoms with van der Waals surface area (Å²) in [7, 11) is 0. The molecule has 1 aliphatic heterocycles. The van der Waals surface area contributed by atoms with Crippen molar-refractivity contribution in [2.75, 3.05) is 0 Å². The van der Waals surface area contributed by atoms with Crippen molar-refractivity contribution in [3.05, 3.63) is 51.7 Å². The normalized spacial score (nSPS) is 14.4. The van der Waals surface area contributed by atoms with Crippen molar-refractivity contribution in [1.29, 1.82) is 0 Å². The van der Waals surface area contributed by atoms with Crippen LogP contribution in [0.4, 0.5) is 5.69 Å². The van der Waals surface area contributed by atoms with E-state index in [1.54, 1.807) is 0 Å². The molecule has 1 aromatic carbocycles. The second-order valence-electron chi connectivity index (χ2n) is 3.33. The third-order valence-corrected chi connectivity index (χ3v) is 2.24. The lowest BCUT2D eigenvalue weighted by Crippen LogP contribution is -2.29. The Labute approximate surface area is 85.6 Å². The average Bonchev–Trinajstić information content (AvgIpc) is 2.16. The molecule has 0 unspecified atom stereocenters.